The monoisotopic (exact) mass is 316 g/mol. The molecular weight excluding hydrogens is 300 g/mol. The van der Waals surface area contributed by atoms with Crippen molar-refractivity contribution in [3.63, 3.8) is 0 Å². The Kier molecular flexibility index (Phi) is 3.72. The molecule has 2 heterocycles. The first-order valence-electron chi connectivity index (χ1n) is 6.82. The Hall–Kier alpha value is -2.54. The summed E-state index contributed by atoms with van der Waals surface area (Å²) in [7, 11) is 1.65. The molecule has 0 spiro atoms. The van der Waals surface area contributed by atoms with Gasteiger partial charge in [-0.05, 0) is 42.4 Å². The highest BCUT2D eigenvalue weighted by molar-refractivity contribution is 7.71. The molecule has 0 saturated carbocycles. The number of nitrogens with one attached hydrogen (secondary N) is 2. The highest BCUT2D eigenvalue weighted by Gasteiger charge is 2.07. The van der Waals surface area contributed by atoms with Gasteiger partial charge < -0.3 is 20.0 Å². The maximum Gasteiger partial charge on any atom is 0.253 e. The van der Waals surface area contributed by atoms with Crippen LogP contribution in [0.1, 0.15) is 5.56 Å². The number of benzene rings is 1. The summed E-state index contributed by atoms with van der Waals surface area (Å²) in [6.45, 7) is 0.589. The van der Waals surface area contributed by atoms with Crippen LogP contribution in [0.2, 0.25) is 0 Å². The maximum atomic E-state index is 11.3. The van der Waals surface area contributed by atoms with Gasteiger partial charge in [0.25, 0.3) is 5.56 Å². The normalized spacial score (nSPS) is 11.0. The van der Waals surface area contributed by atoms with Gasteiger partial charge in [-0.2, -0.15) is 0 Å². The van der Waals surface area contributed by atoms with Crippen molar-refractivity contribution in [3.05, 3.63) is 51.2 Å². The number of hydrogen-bond acceptors (Lipinski definition) is 4. The van der Waals surface area contributed by atoms with E-state index >= 15 is 0 Å². The molecule has 22 heavy (non-hydrogen) atoms. The summed E-state index contributed by atoms with van der Waals surface area (Å²) in [6, 6.07) is 7.24. The molecule has 6 nitrogen and oxygen atoms in total. The second-order valence-electron chi connectivity index (χ2n) is 4.99. The van der Waals surface area contributed by atoms with Gasteiger partial charge in [-0.1, -0.05) is 0 Å². The molecule has 2 aromatic heterocycles. The average Bonchev–Trinajstić information content (AvgIpc) is 2.88. The third-order valence-electron chi connectivity index (χ3n) is 3.65. The van der Waals surface area contributed by atoms with Crippen LogP contribution in [0.25, 0.3) is 10.9 Å². The summed E-state index contributed by atoms with van der Waals surface area (Å²) in [5.41, 5.74) is 7.78. The number of hydrogen-bond donors (Lipinski definition) is 3. The minimum atomic E-state index is -0.282. The summed E-state index contributed by atoms with van der Waals surface area (Å²) in [6.07, 6.45) is 2.70. The number of anilines is 1. The molecule has 0 fully saturated rings. The van der Waals surface area contributed by atoms with Crippen LogP contribution in [0, 0.1) is 4.77 Å². The summed E-state index contributed by atoms with van der Waals surface area (Å²) < 4.78 is 7.32. The summed E-state index contributed by atoms with van der Waals surface area (Å²) >= 11 is 5.16. The van der Waals surface area contributed by atoms with Gasteiger partial charge in [0.2, 0.25) is 0 Å². The number of aromatic amines is 2. The van der Waals surface area contributed by atoms with E-state index in [0.717, 1.165) is 28.6 Å². The van der Waals surface area contributed by atoms with Crippen LogP contribution in [-0.2, 0) is 13.0 Å². The van der Waals surface area contributed by atoms with Crippen LogP contribution < -0.4 is 16.0 Å². The number of nitrogens with two attached hydrogens (primary N) is 1. The van der Waals surface area contributed by atoms with Gasteiger partial charge >= 0.3 is 0 Å². The molecule has 1 aromatic carbocycles. The van der Waals surface area contributed by atoms with Crippen LogP contribution in [0.3, 0.4) is 0 Å². The van der Waals surface area contributed by atoms with E-state index in [-0.39, 0.29) is 5.56 Å². The first-order chi connectivity index (χ1) is 10.6. The summed E-state index contributed by atoms with van der Waals surface area (Å²) in [5, 5.41) is 1.11. The molecule has 0 unspecified atom stereocenters. The Balaban J connectivity index is 1.91. The zero-order chi connectivity index (χ0) is 15.7. The molecule has 3 aromatic rings. The molecule has 0 aliphatic carbocycles. The van der Waals surface area contributed by atoms with Crippen LogP contribution >= 0.6 is 12.2 Å². The first-order valence-corrected chi connectivity index (χ1v) is 7.23. The molecule has 7 heteroatoms. The lowest BCUT2D eigenvalue weighted by Crippen LogP contribution is -2.17. The van der Waals surface area contributed by atoms with Crippen molar-refractivity contribution in [1.82, 2.24) is 14.5 Å². The van der Waals surface area contributed by atoms with Crippen molar-refractivity contribution in [2.24, 2.45) is 0 Å². The third-order valence-corrected chi connectivity index (χ3v) is 3.97. The molecule has 0 aliphatic rings. The van der Waals surface area contributed by atoms with Crippen molar-refractivity contribution in [1.29, 1.82) is 0 Å². The summed E-state index contributed by atoms with van der Waals surface area (Å²) in [5.74, 6) is 1.18. The molecule has 0 saturated heterocycles. The number of methoxy groups -OCH3 is 1. The standard InChI is InChI=1S/C15H16N4O2S/c1-21-10-2-3-12-11(6-10)9(8-17-12)4-5-19-13(16)7-14(20)18-15(19)22/h2-3,6-8,17H,4-5,16H2,1H3,(H,18,20,22). The molecule has 0 atom stereocenters. The van der Waals surface area contributed by atoms with Crippen molar-refractivity contribution >= 4 is 28.9 Å². The largest absolute Gasteiger partial charge is 0.497 e. The van der Waals surface area contributed by atoms with Crippen LogP contribution in [0.4, 0.5) is 5.82 Å². The molecule has 4 N–H and O–H groups in total. The third kappa shape index (κ3) is 2.62. The van der Waals surface area contributed by atoms with Crippen molar-refractivity contribution in [2.45, 2.75) is 13.0 Å². The van der Waals surface area contributed by atoms with Gasteiger partial charge in [-0.3, -0.25) is 9.78 Å². The highest BCUT2D eigenvalue weighted by Crippen LogP contribution is 2.24. The first kappa shape index (κ1) is 14.4. The van der Waals surface area contributed by atoms with Crippen LogP contribution in [0.5, 0.6) is 5.75 Å². The fraction of sp³-hybridized carbons (Fsp3) is 0.200. The number of nitrogen functional groups attached to an aromatic ring is 1. The Morgan fingerprint density at radius 1 is 1.36 bits per heavy atom. The minimum Gasteiger partial charge on any atom is -0.497 e. The number of fused-ring (bicyclic) bond motifs is 1. The topological polar surface area (TPSA) is 88.8 Å². The Bertz CT molecular complexity index is 939. The number of nitrogens with zero attached hydrogens (tertiary/aromatic N) is 1. The predicted molar refractivity (Wildman–Crippen MR) is 88.9 cm³/mol. The Morgan fingerprint density at radius 3 is 2.91 bits per heavy atom. The molecular formula is C15H16N4O2S. The summed E-state index contributed by atoms with van der Waals surface area (Å²) in [4.78, 5) is 17.1. The number of H-pyrrole nitrogens is 2. The molecule has 0 bridgehead atoms. The molecule has 0 aliphatic heterocycles. The van der Waals surface area contributed by atoms with Crippen molar-refractivity contribution < 1.29 is 4.74 Å². The molecule has 114 valence electrons. The predicted octanol–water partition coefficient (Wildman–Crippen LogP) is 2.22. The van der Waals surface area contributed by atoms with Crippen LogP contribution in [-0.4, -0.2) is 21.6 Å². The minimum absolute atomic E-state index is 0.282. The van der Waals surface area contributed by atoms with E-state index in [4.69, 9.17) is 22.7 Å². The maximum absolute atomic E-state index is 11.3. The van der Waals surface area contributed by atoms with E-state index in [1.54, 1.807) is 11.7 Å². The lowest BCUT2D eigenvalue weighted by molar-refractivity contribution is 0.415. The lowest BCUT2D eigenvalue weighted by Gasteiger charge is -2.09. The van der Waals surface area contributed by atoms with E-state index in [9.17, 15) is 4.79 Å². The van der Waals surface area contributed by atoms with Gasteiger partial charge in [-0.25, -0.2) is 0 Å². The smallest absolute Gasteiger partial charge is 0.253 e. The molecule has 0 amide bonds. The number of aromatic nitrogens is 3. The van der Waals surface area contributed by atoms with E-state index in [1.165, 1.54) is 6.07 Å². The van der Waals surface area contributed by atoms with Crippen molar-refractivity contribution in [2.75, 3.05) is 12.8 Å². The van der Waals surface area contributed by atoms with Gasteiger partial charge in [0.1, 0.15) is 11.6 Å². The zero-order valence-corrected chi connectivity index (χ0v) is 12.9. The number of ether oxygens (including phenoxy) is 1. The molecule has 3 rings (SSSR count). The Labute approximate surface area is 131 Å². The van der Waals surface area contributed by atoms with E-state index in [1.807, 2.05) is 24.4 Å². The quantitative estimate of drug-likeness (QED) is 0.644. The second kappa shape index (κ2) is 5.69. The van der Waals surface area contributed by atoms with Gasteiger partial charge in [-0.15, -0.1) is 0 Å². The Morgan fingerprint density at radius 2 is 2.18 bits per heavy atom. The second-order valence-corrected chi connectivity index (χ2v) is 5.38. The van der Waals surface area contributed by atoms with E-state index in [2.05, 4.69) is 9.97 Å². The lowest BCUT2D eigenvalue weighted by atomic mass is 10.1. The average molecular weight is 316 g/mol. The van der Waals surface area contributed by atoms with Crippen molar-refractivity contribution in [3.8, 4) is 5.75 Å². The van der Waals surface area contributed by atoms with E-state index < -0.39 is 0 Å². The zero-order valence-electron chi connectivity index (χ0n) is 12.1. The van der Waals surface area contributed by atoms with Gasteiger partial charge in [0.05, 0.1) is 7.11 Å². The highest BCUT2D eigenvalue weighted by atomic mass is 32.1. The van der Waals surface area contributed by atoms with Gasteiger partial charge in [0, 0.05) is 29.7 Å². The van der Waals surface area contributed by atoms with Crippen LogP contribution in [0.15, 0.2) is 35.3 Å². The SMILES string of the molecule is COc1ccc2[nH]cc(CCn3c(N)cc(=O)[nH]c3=S)c2c1. The van der Waals surface area contributed by atoms with E-state index in [0.29, 0.717) is 17.1 Å². The molecule has 0 radical (unpaired) electrons. The number of rotatable bonds is 4. The van der Waals surface area contributed by atoms with Gasteiger partial charge in [0.15, 0.2) is 4.77 Å². The fourth-order valence-corrected chi connectivity index (χ4v) is 2.79. The fourth-order valence-electron chi connectivity index (χ4n) is 2.49. The number of aryl methyl sites for hydroxylation is 1.